The van der Waals surface area contributed by atoms with Crippen LogP contribution in [0.1, 0.15) is 36.0 Å². The van der Waals surface area contributed by atoms with Crippen molar-refractivity contribution >= 4 is 28.8 Å². The lowest BCUT2D eigenvalue weighted by atomic mass is 9.80. The lowest BCUT2D eigenvalue weighted by molar-refractivity contribution is -0.135. The van der Waals surface area contributed by atoms with Gasteiger partial charge in [0.15, 0.2) is 5.78 Å². The quantitative estimate of drug-likeness (QED) is 0.497. The highest BCUT2D eigenvalue weighted by molar-refractivity contribution is 6.11. The number of rotatable bonds is 4. The summed E-state index contributed by atoms with van der Waals surface area (Å²) >= 11 is 0. The molecule has 5 rings (SSSR count). The summed E-state index contributed by atoms with van der Waals surface area (Å²) in [4.78, 5) is 43.2. The first-order chi connectivity index (χ1) is 15.3. The number of amides is 3. The van der Waals surface area contributed by atoms with Crippen molar-refractivity contribution in [2.45, 2.75) is 37.1 Å². The lowest BCUT2D eigenvalue weighted by Crippen LogP contribution is -2.51. The van der Waals surface area contributed by atoms with Crippen molar-refractivity contribution in [3.63, 3.8) is 0 Å². The number of urea groups is 1. The summed E-state index contributed by atoms with van der Waals surface area (Å²) in [5, 5.41) is 2.55. The van der Waals surface area contributed by atoms with Gasteiger partial charge in [0, 0.05) is 24.1 Å². The minimum absolute atomic E-state index is 0.136. The molecular weight excluding hydrogens is 418 g/mol. The van der Waals surface area contributed by atoms with E-state index in [0.717, 1.165) is 21.6 Å². The van der Waals surface area contributed by atoms with Gasteiger partial charge < -0.3 is 5.32 Å². The van der Waals surface area contributed by atoms with Crippen molar-refractivity contribution in [2.24, 2.45) is 0 Å². The van der Waals surface area contributed by atoms with Crippen LogP contribution in [0.2, 0.25) is 0 Å². The molecule has 164 valence electrons. The second kappa shape index (κ2) is 7.22. The summed E-state index contributed by atoms with van der Waals surface area (Å²) in [5.74, 6) is -3.84. The highest BCUT2D eigenvalue weighted by Gasteiger charge is 2.55. The number of para-hydroxylation sites is 2. The number of alkyl halides is 2. The number of carbonyl (C=O) groups is 3. The van der Waals surface area contributed by atoms with E-state index in [1.165, 1.54) is 0 Å². The van der Waals surface area contributed by atoms with Crippen LogP contribution in [0.5, 0.6) is 0 Å². The molecule has 1 spiro atoms. The van der Waals surface area contributed by atoms with Crippen LogP contribution in [-0.4, -0.2) is 50.2 Å². The van der Waals surface area contributed by atoms with Crippen LogP contribution >= 0.6 is 0 Å². The van der Waals surface area contributed by atoms with Gasteiger partial charge in [-0.1, -0.05) is 12.1 Å². The van der Waals surface area contributed by atoms with E-state index >= 15 is 0 Å². The Balaban J connectivity index is 1.31. The Kier molecular flexibility index (Phi) is 4.58. The van der Waals surface area contributed by atoms with Crippen molar-refractivity contribution < 1.29 is 23.2 Å². The minimum Gasteiger partial charge on any atom is -0.323 e. The number of imidazole rings is 1. The molecule has 2 fully saturated rings. The molecule has 1 aromatic heterocycles. The predicted molar refractivity (Wildman–Crippen MR) is 112 cm³/mol. The van der Waals surface area contributed by atoms with E-state index in [4.69, 9.17) is 0 Å². The first-order valence-electron chi connectivity index (χ1n) is 10.4. The Bertz CT molecular complexity index is 1230. The Morgan fingerprint density at radius 1 is 1.00 bits per heavy atom. The van der Waals surface area contributed by atoms with E-state index in [2.05, 4.69) is 10.3 Å². The first-order valence-corrected chi connectivity index (χ1v) is 10.4. The zero-order chi connectivity index (χ0) is 22.5. The molecule has 0 bridgehead atoms. The summed E-state index contributed by atoms with van der Waals surface area (Å²) in [5.41, 5.74) is 1.60. The number of fused-ring (bicyclic) bond motifs is 1. The Morgan fingerprint density at radius 2 is 1.69 bits per heavy atom. The molecule has 1 saturated heterocycles. The van der Waals surface area contributed by atoms with Crippen LogP contribution in [-0.2, 0) is 4.79 Å². The Morgan fingerprint density at radius 3 is 2.41 bits per heavy atom. The van der Waals surface area contributed by atoms with Crippen molar-refractivity contribution in [3.8, 4) is 5.69 Å². The average Bonchev–Trinajstić information content (AvgIpc) is 3.31. The fourth-order valence-electron chi connectivity index (χ4n) is 4.41. The summed E-state index contributed by atoms with van der Waals surface area (Å²) in [6.07, 6.45) is 0.490. The largest absolute Gasteiger partial charge is 0.325 e. The number of hydrogen-bond donors (Lipinski definition) is 1. The number of halogens is 2. The third-order valence-corrected chi connectivity index (χ3v) is 6.30. The lowest BCUT2D eigenvalue weighted by Gasteiger charge is -2.34. The van der Waals surface area contributed by atoms with Gasteiger partial charge in [0.05, 0.1) is 17.6 Å². The zero-order valence-corrected chi connectivity index (χ0v) is 17.1. The molecule has 1 aliphatic heterocycles. The first kappa shape index (κ1) is 20.3. The molecule has 7 nitrogen and oxygen atoms in total. The number of Topliss-reactive ketones (excluding diaryl/α,β-unsaturated/α-hetero) is 1. The van der Waals surface area contributed by atoms with Gasteiger partial charge in [0.25, 0.3) is 5.91 Å². The van der Waals surface area contributed by atoms with Crippen molar-refractivity contribution in [1.82, 2.24) is 19.8 Å². The fraction of sp³-hybridized carbons (Fsp3) is 0.304. The van der Waals surface area contributed by atoms with Gasteiger partial charge in [-0.05, 0) is 49.2 Å². The van der Waals surface area contributed by atoms with Crippen molar-refractivity contribution in [1.29, 1.82) is 0 Å². The predicted octanol–water partition coefficient (Wildman–Crippen LogP) is 3.71. The van der Waals surface area contributed by atoms with Gasteiger partial charge in [-0.3, -0.25) is 19.1 Å². The Labute approximate surface area is 182 Å². The van der Waals surface area contributed by atoms with Gasteiger partial charge in [-0.2, -0.15) is 0 Å². The third-order valence-electron chi connectivity index (χ3n) is 6.30. The summed E-state index contributed by atoms with van der Waals surface area (Å²) in [6.45, 7) is -0.434. The van der Waals surface area contributed by atoms with Crippen molar-refractivity contribution in [2.75, 3.05) is 6.54 Å². The van der Waals surface area contributed by atoms with E-state index in [0.29, 0.717) is 5.56 Å². The number of aromatic nitrogens is 2. The smallest absolute Gasteiger partial charge is 0.323 e. The van der Waals surface area contributed by atoms with Gasteiger partial charge in [0.1, 0.15) is 11.9 Å². The molecule has 3 amide bonds. The van der Waals surface area contributed by atoms with E-state index in [-0.39, 0.29) is 12.8 Å². The fourth-order valence-corrected chi connectivity index (χ4v) is 4.41. The molecule has 2 heterocycles. The molecule has 32 heavy (non-hydrogen) atoms. The van der Waals surface area contributed by atoms with Crippen LogP contribution in [0.4, 0.5) is 13.6 Å². The summed E-state index contributed by atoms with van der Waals surface area (Å²) in [7, 11) is 0. The second-order valence-electron chi connectivity index (χ2n) is 8.33. The monoisotopic (exact) mass is 438 g/mol. The van der Waals surface area contributed by atoms with Crippen LogP contribution in [0.3, 0.4) is 0 Å². The number of nitrogens with one attached hydrogen (secondary N) is 1. The molecule has 0 atom stereocenters. The van der Waals surface area contributed by atoms with Gasteiger partial charge in [0.2, 0.25) is 5.92 Å². The number of ketones is 1. The maximum absolute atomic E-state index is 13.5. The van der Waals surface area contributed by atoms with Crippen LogP contribution < -0.4 is 5.32 Å². The van der Waals surface area contributed by atoms with Crippen molar-refractivity contribution in [3.05, 3.63) is 60.4 Å². The molecule has 2 aromatic carbocycles. The number of benzene rings is 2. The third kappa shape index (κ3) is 3.34. The topological polar surface area (TPSA) is 84.3 Å². The van der Waals surface area contributed by atoms with E-state index < -0.39 is 48.6 Å². The zero-order valence-electron chi connectivity index (χ0n) is 17.1. The highest BCUT2D eigenvalue weighted by atomic mass is 19.3. The average molecular weight is 438 g/mol. The molecule has 3 aromatic rings. The molecule has 1 aliphatic carbocycles. The number of carbonyl (C=O) groups excluding carboxylic acids is 3. The van der Waals surface area contributed by atoms with E-state index in [1.54, 1.807) is 30.6 Å². The number of hydrogen-bond acceptors (Lipinski definition) is 4. The van der Waals surface area contributed by atoms with Crippen LogP contribution in [0, 0.1) is 0 Å². The minimum atomic E-state index is -2.83. The second-order valence-corrected chi connectivity index (χ2v) is 8.33. The molecular formula is C23H20F2N4O3. The van der Waals surface area contributed by atoms with E-state index in [1.807, 2.05) is 28.8 Å². The molecule has 0 radical (unpaired) electrons. The molecule has 2 aliphatic rings. The highest BCUT2D eigenvalue weighted by Crippen LogP contribution is 2.41. The molecule has 1 N–H and O–H groups in total. The van der Waals surface area contributed by atoms with Crippen LogP contribution in [0.25, 0.3) is 16.7 Å². The molecule has 0 unspecified atom stereocenters. The maximum atomic E-state index is 13.5. The van der Waals surface area contributed by atoms with Gasteiger partial charge in [-0.25, -0.2) is 18.6 Å². The summed E-state index contributed by atoms with van der Waals surface area (Å²) < 4.78 is 28.9. The number of imide groups is 1. The number of nitrogens with zero attached hydrogens (tertiary/aromatic N) is 3. The Hall–Kier alpha value is -3.62. The molecule has 9 heteroatoms. The van der Waals surface area contributed by atoms with Crippen LogP contribution in [0.15, 0.2) is 54.9 Å². The maximum Gasteiger partial charge on any atom is 0.325 e. The standard InChI is InChI=1S/C23H20F2N4O3/c24-23(25)11-9-22(10-12-23)20(31)28(21(32)27-22)13-19(30)15-5-7-16(8-6-15)29-14-26-17-3-1-2-4-18(17)29/h1-8,14H,9-13H2,(H,27,32). The van der Waals surface area contributed by atoms with Gasteiger partial charge in [-0.15, -0.1) is 0 Å². The summed E-state index contributed by atoms with van der Waals surface area (Å²) in [6, 6.07) is 13.7. The van der Waals surface area contributed by atoms with E-state index in [9.17, 15) is 23.2 Å². The SMILES string of the molecule is O=C(CN1C(=O)NC2(CCC(F)(F)CC2)C1=O)c1ccc(-n2cnc3ccccc32)cc1. The molecule has 1 saturated carbocycles. The normalized spacial score (nSPS) is 19.5. The van der Waals surface area contributed by atoms with Gasteiger partial charge >= 0.3 is 6.03 Å².